The predicted molar refractivity (Wildman–Crippen MR) is 82.3 cm³/mol. The zero-order chi connectivity index (χ0) is 16.0. The number of amides is 1. The Kier molecular flexibility index (Phi) is 5.54. The van der Waals surface area contributed by atoms with Crippen LogP contribution >= 0.6 is 0 Å². The summed E-state index contributed by atoms with van der Waals surface area (Å²) in [5, 5.41) is 2.56. The lowest BCUT2D eigenvalue weighted by Gasteiger charge is -2.19. The summed E-state index contributed by atoms with van der Waals surface area (Å²) in [6, 6.07) is 5.40. The fraction of sp³-hybridized carbons (Fsp3) is 0.412. The maximum Gasteiger partial charge on any atom is 0.408 e. The summed E-state index contributed by atoms with van der Waals surface area (Å²) in [6.45, 7) is 9.04. The van der Waals surface area contributed by atoms with Gasteiger partial charge < -0.3 is 10.1 Å². The Bertz CT molecular complexity index is 601. The van der Waals surface area contributed by atoms with Gasteiger partial charge in [-0.1, -0.05) is 24.0 Å². The fourth-order valence-electron chi connectivity index (χ4n) is 1.55. The van der Waals surface area contributed by atoms with Crippen LogP contribution < -0.4 is 5.32 Å². The average Bonchev–Trinajstić information content (AvgIpc) is 2.34. The molecule has 0 spiro atoms. The molecule has 0 aliphatic carbocycles. The number of carbonyl (C=O) groups is 2. The van der Waals surface area contributed by atoms with Gasteiger partial charge >= 0.3 is 6.09 Å². The quantitative estimate of drug-likeness (QED) is 0.672. The second kappa shape index (κ2) is 6.94. The second-order valence-corrected chi connectivity index (χ2v) is 5.74. The van der Waals surface area contributed by atoms with Gasteiger partial charge in [0.25, 0.3) is 0 Å². The molecule has 1 N–H and O–H groups in total. The minimum Gasteiger partial charge on any atom is -0.444 e. The van der Waals surface area contributed by atoms with Crippen molar-refractivity contribution >= 4 is 11.9 Å². The molecule has 1 amide bonds. The van der Waals surface area contributed by atoms with Crippen LogP contribution in [-0.4, -0.2) is 24.0 Å². The molecule has 1 aromatic rings. The van der Waals surface area contributed by atoms with Gasteiger partial charge in [0.05, 0.1) is 6.54 Å². The molecule has 0 bridgehead atoms. The monoisotopic (exact) mass is 287 g/mol. The molecule has 4 heteroatoms. The second-order valence-electron chi connectivity index (χ2n) is 5.74. The van der Waals surface area contributed by atoms with Gasteiger partial charge in [0.15, 0.2) is 5.78 Å². The number of aryl methyl sites for hydroxylation is 1. The summed E-state index contributed by atoms with van der Waals surface area (Å²) in [5.41, 5.74) is 1.88. The van der Waals surface area contributed by atoms with Gasteiger partial charge in [-0.25, -0.2) is 4.79 Å². The number of Topliss-reactive ketones (excluding diaryl/α,β-unsaturated/α-hetero) is 1. The number of rotatable bonds is 2. The highest BCUT2D eigenvalue weighted by molar-refractivity contribution is 5.94. The van der Waals surface area contributed by atoms with Gasteiger partial charge in [-0.2, -0.15) is 0 Å². The van der Waals surface area contributed by atoms with Crippen LogP contribution in [0, 0.1) is 18.8 Å². The number of alkyl carbamates (subject to hydrolysis) is 1. The van der Waals surface area contributed by atoms with E-state index < -0.39 is 11.7 Å². The largest absolute Gasteiger partial charge is 0.444 e. The van der Waals surface area contributed by atoms with Crippen molar-refractivity contribution < 1.29 is 14.3 Å². The summed E-state index contributed by atoms with van der Waals surface area (Å²) in [5.74, 6) is 5.81. The summed E-state index contributed by atoms with van der Waals surface area (Å²) < 4.78 is 5.10. The first kappa shape index (κ1) is 16.8. The SMILES string of the molecule is CC(=O)c1ccc(C)c(C#CCNC(=O)OC(C)(C)C)c1. The molecule has 4 nitrogen and oxygen atoms in total. The highest BCUT2D eigenvalue weighted by atomic mass is 16.6. The van der Waals surface area contributed by atoms with E-state index in [1.807, 2.05) is 13.0 Å². The number of ketones is 1. The predicted octanol–water partition coefficient (Wildman–Crippen LogP) is 3.07. The fourth-order valence-corrected chi connectivity index (χ4v) is 1.55. The molecule has 112 valence electrons. The molecule has 0 aromatic heterocycles. The van der Waals surface area contributed by atoms with Gasteiger partial charge in [-0.15, -0.1) is 0 Å². The summed E-state index contributed by atoms with van der Waals surface area (Å²) in [4.78, 5) is 22.8. The number of nitrogens with one attached hydrogen (secondary N) is 1. The normalized spacial score (nSPS) is 10.3. The number of ether oxygens (including phenoxy) is 1. The van der Waals surface area contributed by atoms with E-state index in [1.54, 1.807) is 32.9 Å². The molecule has 0 atom stereocenters. The van der Waals surface area contributed by atoms with Gasteiger partial charge in [0.1, 0.15) is 5.60 Å². The Morgan fingerprint density at radius 1 is 1.29 bits per heavy atom. The zero-order valence-corrected chi connectivity index (χ0v) is 13.2. The third-order valence-corrected chi connectivity index (χ3v) is 2.59. The van der Waals surface area contributed by atoms with Gasteiger partial charge in [0, 0.05) is 11.1 Å². The van der Waals surface area contributed by atoms with E-state index in [0.29, 0.717) is 5.56 Å². The van der Waals surface area contributed by atoms with Crippen molar-refractivity contribution in [2.75, 3.05) is 6.54 Å². The first-order valence-electron chi connectivity index (χ1n) is 6.76. The standard InChI is InChI=1S/C17H21NO3/c1-12-8-9-15(13(2)19)11-14(12)7-6-10-18-16(20)21-17(3,4)5/h8-9,11H,10H2,1-5H3,(H,18,20). The van der Waals surface area contributed by atoms with Gasteiger partial charge in [0.2, 0.25) is 0 Å². The maximum atomic E-state index is 11.4. The third kappa shape index (κ3) is 6.13. The van der Waals surface area contributed by atoms with Crippen LogP contribution in [0.3, 0.4) is 0 Å². The van der Waals surface area contributed by atoms with Crippen molar-refractivity contribution in [2.24, 2.45) is 0 Å². The van der Waals surface area contributed by atoms with Crippen molar-refractivity contribution in [1.29, 1.82) is 0 Å². The lowest BCUT2D eigenvalue weighted by molar-refractivity contribution is 0.0535. The van der Waals surface area contributed by atoms with E-state index in [4.69, 9.17) is 4.74 Å². The van der Waals surface area contributed by atoms with Gasteiger partial charge in [-0.3, -0.25) is 4.79 Å². The van der Waals surface area contributed by atoms with E-state index in [1.165, 1.54) is 6.92 Å². The van der Waals surface area contributed by atoms with Crippen molar-refractivity contribution in [1.82, 2.24) is 5.32 Å². The van der Waals surface area contributed by atoms with Crippen LogP contribution in [0.25, 0.3) is 0 Å². The van der Waals surface area contributed by atoms with E-state index in [0.717, 1.165) is 11.1 Å². The van der Waals surface area contributed by atoms with Crippen LogP contribution in [0.2, 0.25) is 0 Å². The van der Waals surface area contributed by atoms with E-state index in [-0.39, 0.29) is 12.3 Å². The molecule has 0 aliphatic rings. The summed E-state index contributed by atoms with van der Waals surface area (Å²) in [7, 11) is 0. The Balaban J connectivity index is 2.65. The minimum atomic E-state index is -0.524. The Labute approximate surface area is 125 Å². The number of benzene rings is 1. The summed E-state index contributed by atoms with van der Waals surface area (Å²) >= 11 is 0. The number of hydrogen-bond donors (Lipinski definition) is 1. The molecule has 1 aromatic carbocycles. The Morgan fingerprint density at radius 3 is 2.52 bits per heavy atom. The molecule has 0 radical (unpaired) electrons. The van der Waals surface area contributed by atoms with E-state index >= 15 is 0 Å². The van der Waals surface area contributed by atoms with Crippen LogP contribution in [0.4, 0.5) is 4.79 Å². The summed E-state index contributed by atoms with van der Waals surface area (Å²) in [6.07, 6.45) is -0.494. The number of hydrogen-bond acceptors (Lipinski definition) is 3. The molecule has 1 rings (SSSR count). The lowest BCUT2D eigenvalue weighted by Crippen LogP contribution is -2.32. The highest BCUT2D eigenvalue weighted by Gasteiger charge is 2.15. The van der Waals surface area contributed by atoms with E-state index in [9.17, 15) is 9.59 Å². The topological polar surface area (TPSA) is 55.4 Å². The maximum absolute atomic E-state index is 11.4. The van der Waals surface area contributed by atoms with Crippen molar-refractivity contribution in [3.05, 3.63) is 34.9 Å². The van der Waals surface area contributed by atoms with Crippen molar-refractivity contribution in [3.63, 3.8) is 0 Å². The molecule has 0 saturated carbocycles. The lowest BCUT2D eigenvalue weighted by atomic mass is 10.0. The molecular weight excluding hydrogens is 266 g/mol. The Morgan fingerprint density at radius 2 is 1.95 bits per heavy atom. The molecule has 0 fully saturated rings. The minimum absolute atomic E-state index is 0.00456. The molecule has 0 unspecified atom stereocenters. The highest BCUT2D eigenvalue weighted by Crippen LogP contribution is 2.10. The molecule has 21 heavy (non-hydrogen) atoms. The van der Waals surface area contributed by atoms with Crippen LogP contribution in [0.15, 0.2) is 18.2 Å². The molecule has 0 saturated heterocycles. The van der Waals surface area contributed by atoms with Crippen LogP contribution in [-0.2, 0) is 4.74 Å². The van der Waals surface area contributed by atoms with Crippen molar-refractivity contribution in [3.8, 4) is 11.8 Å². The van der Waals surface area contributed by atoms with Crippen molar-refractivity contribution in [2.45, 2.75) is 40.2 Å². The number of carbonyl (C=O) groups excluding carboxylic acids is 2. The van der Waals surface area contributed by atoms with Crippen LogP contribution in [0.5, 0.6) is 0 Å². The molecule has 0 heterocycles. The molecular formula is C17H21NO3. The Hall–Kier alpha value is -2.28. The average molecular weight is 287 g/mol. The smallest absolute Gasteiger partial charge is 0.408 e. The first-order chi connectivity index (χ1) is 9.69. The van der Waals surface area contributed by atoms with Crippen LogP contribution in [0.1, 0.15) is 49.2 Å². The van der Waals surface area contributed by atoms with E-state index in [2.05, 4.69) is 17.2 Å². The first-order valence-corrected chi connectivity index (χ1v) is 6.76. The van der Waals surface area contributed by atoms with Gasteiger partial charge in [-0.05, 0) is 46.2 Å². The third-order valence-electron chi connectivity index (χ3n) is 2.59. The molecule has 0 aliphatic heterocycles. The zero-order valence-electron chi connectivity index (χ0n) is 13.2.